The summed E-state index contributed by atoms with van der Waals surface area (Å²) in [5.74, 6) is 0.175. The number of hydrogen-bond donors (Lipinski definition) is 3. The van der Waals surface area contributed by atoms with Gasteiger partial charge in [-0.05, 0) is 70.4 Å². The van der Waals surface area contributed by atoms with Gasteiger partial charge in [-0.2, -0.15) is 5.10 Å². The number of carbonyl (C=O) groups is 5. The van der Waals surface area contributed by atoms with E-state index in [0.717, 1.165) is 17.5 Å². The van der Waals surface area contributed by atoms with Gasteiger partial charge < -0.3 is 40.2 Å². The van der Waals surface area contributed by atoms with Crippen molar-refractivity contribution >= 4 is 61.9 Å². The van der Waals surface area contributed by atoms with E-state index in [9.17, 15) is 24.0 Å². The average molecular weight is 893 g/mol. The molecule has 19 heteroatoms. The van der Waals surface area contributed by atoms with E-state index < -0.39 is 6.04 Å². The van der Waals surface area contributed by atoms with Crippen molar-refractivity contribution in [3.63, 3.8) is 0 Å². The van der Waals surface area contributed by atoms with Crippen molar-refractivity contribution in [3.8, 4) is 11.1 Å². The lowest BCUT2D eigenvalue weighted by Gasteiger charge is -2.27. The minimum atomic E-state index is -0.617. The Hall–Kier alpha value is -5.05. The molecule has 1 aliphatic heterocycles. The van der Waals surface area contributed by atoms with Crippen molar-refractivity contribution in [1.29, 1.82) is 0 Å². The van der Waals surface area contributed by atoms with Gasteiger partial charge in [-0.1, -0.05) is 12.1 Å². The molecule has 1 saturated heterocycles. The van der Waals surface area contributed by atoms with E-state index in [1.807, 2.05) is 25.1 Å². The number of aromatic nitrogens is 5. The molecule has 3 aromatic heterocycles. The molecule has 2 fully saturated rings. The standard InChI is InChI=1S/C41H50BrN9O9/c1-25-3-7-34(42)47-40(25)48-41(56)39-31-18-28(31)21-50(39)37(55)22-51-33-6-4-27(17-32(33)38(49-51)26(2)52)29-19-45-35(46-20-29)8-5-30(53)23-59-15-14-58-12-10-44-36(54)24-60-16-13-57-11-9-43/h3-4,6-7,17,19-20,28,31,39H,5,8-16,18,21-24,43H2,1-2H3,(H,44,54)(H,47,48,56)/t28-,31-,39+/m1/s1. The third-order valence-corrected chi connectivity index (χ3v) is 10.6. The number of nitrogens with one attached hydrogen (secondary N) is 2. The molecular formula is C41H50BrN9O9. The van der Waals surface area contributed by atoms with E-state index in [1.165, 1.54) is 11.6 Å². The molecule has 0 spiro atoms. The van der Waals surface area contributed by atoms with Crippen LogP contribution in [0.3, 0.4) is 0 Å². The van der Waals surface area contributed by atoms with Gasteiger partial charge in [-0.3, -0.25) is 28.7 Å². The normalized spacial score (nSPS) is 16.8. The van der Waals surface area contributed by atoms with Crippen LogP contribution in [0.25, 0.3) is 22.0 Å². The van der Waals surface area contributed by atoms with Crippen LogP contribution < -0.4 is 16.4 Å². The zero-order valence-electron chi connectivity index (χ0n) is 33.7. The lowest BCUT2D eigenvalue weighted by Crippen LogP contribution is -2.47. The highest BCUT2D eigenvalue weighted by molar-refractivity contribution is 9.10. The van der Waals surface area contributed by atoms with Gasteiger partial charge in [-0.15, -0.1) is 0 Å². The monoisotopic (exact) mass is 891 g/mol. The van der Waals surface area contributed by atoms with Crippen LogP contribution in [-0.2, 0) is 51.1 Å². The third kappa shape index (κ3) is 12.0. The number of carbonyl (C=O) groups excluding carboxylic acids is 5. The number of Topliss-reactive ketones (excluding diaryl/α,β-unsaturated/α-hetero) is 2. The zero-order valence-corrected chi connectivity index (χ0v) is 35.3. The summed E-state index contributed by atoms with van der Waals surface area (Å²) in [6.45, 7) is 6.19. The number of amides is 3. The number of aryl methyl sites for hydroxylation is 2. The summed E-state index contributed by atoms with van der Waals surface area (Å²) < 4.78 is 23.3. The van der Waals surface area contributed by atoms with E-state index in [1.54, 1.807) is 29.4 Å². The first-order valence-corrected chi connectivity index (χ1v) is 20.7. The van der Waals surface area contributed by atoms with Gasteiger partial charge in [-0.25, -0.2) is 15.0 Å². The van der Waals surface area contributed by atoms with Gasteiger partial charge in [0.1, 0.15) is 47.7 Å². The van der Waals surface area contributed by atoms with E-state index in [0.29, 0.717) is 85.2 Å². The third-order valence-electron chi connectivity index (χ3n) is 10.1. The Bertz CT molecular complexity index is 2170. The van der Waals surface area contributed by atoms with Crippen LogP contribution in [-0.4, -0.2) is 137 Å². The van der Waals surface area contributed by atoms with Gasteiger partial charge in [0, 0.05) is 62.7 Å². The first kappa shape index (κ1) is 44.5. The smallest absolute Gasteiger partial charge is 0.248 e. The molecule has 320 valence electrons. The van der Waals surface area contributed by atoms with Crippen LogP contribution in [0.1, 0.15) is 41.6 Å². The molecule has 1 aliphatic carbocycles. The molecule has 0 unspecified atom stereocenters. The summed E-state index contributed by atoms with van der Waals surface area (Å²) in [5, 5.41) is 10.7. The molecular weight excluding hydrogens is 842 g/mol. The molecule has 0 radical (unpaired) electrons. The highest BCUT2D eigenvalue weighted by atomic mass is 79.9. The second kappa shape index (κ2) is 21.5. The molecule has 0 bridgehead atoms. The van der Waals surface area contributed by atoms with Crippen molar-refractivity contribution < 1.29 is 42.9 Å². The molecule has 4 N–H and O–H groups in total. The fourth-order valence-electron chi connectivity index (χ4n) is 6.98. The number of anilines is 1. The summed E-state index contributed by atoms with van der Waals surface area (Å²) in [5.41, 5.74) is 8.42. The SMILES string of the molecule is CC(=O)c1nn(CC(=O)N2C[C@H]3C[C@H]3[C@H]2C(=O)Nc2nc(Br)ccc2C)c2ccc(-c3cnc(CCC(=O)COCCOCCNC(=O)COCCOCCN)nc3)cc12. The average Bonchev–Trinajstić information content (AvgIpc) is 3.74. The highest BCUT2D eigenvalue weighted by Crippen LogP contribution is 2.50. The summed E-state index contributed by atoms with van der Waals surface area (Å²) in [4.78, 5) is 79.1. The Labute approximate surface area is 355 Å². The van der Waals surface area contributed by atoms with E-state index in [4.69, 9.17) is 24.7 Å². The number of ether oxygens (including phenoxy) is 4. The molecule has 4 heterocycles. The van der Waals surface area contributed by atoms with Crippen molar-refractivity contribution in [2.45, 2.75) is 45.7 Å². The van der Waals surface area contributed by atoms with Crippen LogP contribution >= 0.6 is 15.9 Å². The highest BCUT2D eigenvalue weighted by Gasteiger charge is 2.56. The molecule has 6 rings (SSSR count). The van der Waals surface area contributed by atoms with E-state index >= 15 is 0 Å². The lowest BCUT2D eigenvalue weighted by atomic mass is 10.0. The molecule has 1 aromatic carbocycles. The van der Waals surface area contributed by atoms with Crippen LogP contribution in [0.4, 0.5) is 5.82 Å². The maximum Gasteiger partial charge on any atom is 0.248 e. The molecule has 2 aliphatic rings. The Morgan fingerprint density at radius 2 is 1.65 bits per heavy atom. The quantitative estimate of drug-likeness (QED) is 0.0521. The van der Waals surface area contributed by atoms with Crippen molar-refractivity contribution in [2.24, 2.45) is 17.6 Å². The number of nitrogens with zero attached hydrogens (tertiary/aromatic N) is 6. The van der Waals surface area contributed by atoms with Gasteiger partial charge in [0.2, 0.25) is 17.7 Å². The first-order chi connectivity index (χ1) is 29.0. The number of rotatable bonds is 24. The zero-order chi connectivity index (χ0) is 42.6. The fourth-order valence-corrected chi connectivity index (χ4v) is 7.29. The Kier molecular flexibility index (Phi) is 15.9. The Balaban J connectivity index is 0.945. The minimum absolute atomic E-state index is 0.0656. The van der Waals surface area contributed by atoms with Gasteiger partial charge in [0.15, 0.2) is 11.6 Å². The van der Waals surface area contributed by atoms with Crippen molar-refractivity contribution in [1.82, 2.24) is 34.9 Å². The molecule has 3 amide bonds. The number of benzene rings is 1. The van der Waals surface area contributed by atoms with Crippen molar-refractivity contribution in [3.05, 3.63) is 64.4 Å². The van der Waals surface area contributed by atoms with Crippen LogP contribution in [0.5, 0.6) is 0 Å². The summed E-state index contributed by atoms with van der Waals surface area (Å²) >= 11 is 3.35. The van der Waals surface area contributed by atoms with E-state index in [-0.39, 0.29) is 86.2 Å². The maximum absolute atomic E-state index is 13.8. The van der Waals surface area contributed by atoms with Crippen LogP contribution in [0.15, 0.2) is 47.3 Å². The Morgan fingerprint density at radius 3 is 2.40 bits per heavy atom. The van der Waals surface area contributed by atoms with Crippen LogP contribution in [0.2, 0.25) is 0 Å². The summed E-state index contributed by atoms with van der Waals surface area (Å²) in [7, 11) is 0. The topological polar surface area (TPSA) is 232 Å². The van der Waals surface area contributed by atoms with Crippen LogP contribution in [0, 0.1) is 18.8 Å². The number of ketones is 2. The molecule has 1 saturated carbocycles. The number of likely N-dealkylation sites (tertiary alicyclic amines) is 1. The second-order valence-electron chi connectivity index (χ2n) is 14.6. The fraction of sp³-hybridized carbons (Fsp3) is 0.488. The van der Waals surface area contributed by atoms with Gasteiger partial charge in [0.25, 0.3) is 0 Å². The minimum Gasteiger partial charge on any atom is -0.378 e. The van der Waals surface area contributed by atoms with Crippen molar-refractivity contribution in [2.75, 3.05) is 77.8 Å². The Morgan fingerprint density at radius 1 is 0.917 bits per heavy atom. The van der Waals surface area contributed by atoms with E-state index in [2.05, 4.69) is 46.6 Å². The maximum atomic E-state index is 13.8. The number of hydrogen-bond acceptors (Lipinski definition) is 14. The number of halogens is 1. The molecule has 60 heavy (non-hydrogen) atoms. The molecule has 18 nitrogen and oxygen atoms in total. The molecule has 4 aromatic rings. The largest absolute Gasteiger partial charge is 0.378 e. The predicted octanol–water partition coefficient (Wildman–Crippen LogP) is 2.29. The summed E-state index contributed by atoms with van der Waals surface area (Å²) in [6, 6.07) is 8.52. The summed E-state index contributed by atoms with van der Waals surface area (Å²) in [6.07, 6.45) is 4.74. The first-order valence-electron chi connectivity index (χ1n) is 19.9. The van der Waals surface area contributed by atoms with Gasteiger partial charge in [0.05, 0.1) is 45.2 Å². The number of piperidine rings is 1. The number of fused-ring (bicyclic) bond motifs is 2. The lowest BCUT2D eigenvalue weighted by molar-refractivity contribution is -0.138. The molecule has 3 atom stereocenters. The number of nitrogens with two attached hydrogens (primary N) is 1. The number of pyridine rings is 1. The predicted molar refractivity (Wildman–Crippen MR) is 222 cm³/mol. The second-order valence-corrected chi connectivity index (χ2v) is 15.4. The van der Waals surface area contributed by atoms with Gasteiger partial charge >= 0.3 is 0 Å².